The summed E-state index contributed by atoms with van der Waals surface area (Å²) in [6.07, 6.45) is 0. The van der Waals surface area contributed by atoms with Crippen molar-refractivity contribution in [1.29, 1.82) is 0 Å². The number of ether oxygens (including phenoxy) is 2. The molecule has 1 aliphatic rings. The molecule has 1 aliphatic heterocycles. The van der Waals surface area contributed by atoms with Gasteiger partial charge in [-0.2, -0.15) is 8.78 Å². The molecule has 0 spiro atoms. The molecule has 0 saturated carbocycles. The van der Waals surface area contributed by atoms with E-state index in [1.165, 1.54) is 20.3 Å². The predicted molar refractivity (Wildman–Crippen MR) is 98.7 cm³/mol. The van der Waals surface area contributed by atoms with E-state index in [1.807, 2.05) is 18.2 Å². The van der Waals surface area contributed by atoms with Gasteiger partial charge in [0, 0.05) is 11.8 Å². The number of β-lactam (4-membered cyclic amide) rings is 1. The fourth-order valence-electron chi connectivity index (χ4n) is 3.56. The minimum Gasteiger partial charge on any atom is -0.493 e. The highest BCUT2D eigenvalue weighted by Crippen LogP contribution is 2.51. The molecular formula is C21H17F2NO3. The van der Waals surface area contributed by atoms with Crippen LogP contribution in [0.5, 0.6) is 11.5 Å². The third-order valence-corrected chi connectivity index (χ3v) is 4.87. The second kappa shape index (κ2) is 6.23. The summed E-state index contributed by atoms with van der Waals surface area (Å²) in [5.41, 5.74) is 0.744. The van der Waals surface area contributed by atoms with Crippen LogP contribution < -0.4 is 14.4 Å². The first-order chi connectivity index (χ1) is 13.0. The average molecular weight is 369 g/mol. The van der Waals surface area contributed by atoms with E-state index in [4.69, 9.17) is 9.47 Å². The molecule has 1 atom stereocenters. The van der Waals surface area contributed by atoms with E-state index < -0.39 is 17.9 Å². The van der Waals surface area contributed by atoms with Crippen molar-refractivity contribution in [2.45, 2.75) is 12.0 Å². The van der Waals surface area contributed by atoms with E-state index in [9.17, 15) is 13.6 Å². The highest BCUT2D eigenvalue weighted by atomic mass is 19.3. The molecule has 0 radical (unpaired) electrons. The number of rotatable bonds is 4. The Hall–Kier alpha value is -3.15. The molecule has 6 heteroatoms. The zero-order chi connectivity index (χ0) is 19.2. The number of hydrogen-bond acceptors (Lipinski definition) is 3. The van der Waals surface area contributed by atoms with E-state index in [1.54, 1.807) is 36.4 Å². The molecule has 0 aliphatic carbocycles. The van der Waals surface area contributed by atoms with E-state index in [-0.39, 0.29) is 0 Å². The Morgan fingerprint density at radius 2 is 1.63 bits per heavy atom. The lowest BCUT2D eigenvalue weighted by Gasteiger charge is -2.47. The molecule has 0 bridgehead atoms. The number of methoxy groups -OCH3 is 2. The summed E-state index contributed by atoms with van der Waals surface area (Å²) in [7, 11) is 2.94. The van der Waals surface area contributed by atoms with Crippen LogP contribution in [0, 0.1) is 0 Å². The second-order valence-corrected chi connectivity index (χ2v) is 6.31. The predicted octanol–water partition coefficient (Wildman–Crippen LogP) is 4.58. The van der Waals surface area contributed by atoms with Crippen LogP contribution >= 0.6 is 0 Å². The number of hydrogen-bond donors (Lipinski definition) is 0. The summed E-state index contributed by atoms with van der Waals surface area (Å²) in [6.45, 7) is 0. The molecule has 1 heterocycles. The summed E-state index contributed by atoms with van der Waals surface area (Å²) in [5, 5.41) is 1.54. The molecule has 1 saturated heterocycles. The zero-order valence-electron chi connectivity index (χ0n) is 14.8. The molecule has 0 N–H and O–H groups in total. The molecule has 4 rings (SSSR count). The number of fused-ring (bicyclic) bond motifs is 1. The van der Waals surface area contributed by atoms with Crippen molar-refractivity contribution in [2.24, 2.45) is 0 Å². The Morgan fingerprint density at radius 3 is 2.37 bits per heavy atom. The Bertz CT molecular complexity index is 1030. The normalized spacial score (nSPS) is 18.3. The Balaban J connectivity index is 1.85. The Morgan fingerprint density at radius 1 is 0.926 bits per heavy atom. The number of carbonyl (C=O) groups is 1. The summed E-state index contributed by atoms with van der Waals surface area (Å²) < 4.78 is 39.7. The molecule has 0 unspecified atom stereocenters. The molecule has 138 valence electrons. The van der Waals surface area contributed by atoms with Crippen LogP contribution in [0.15, 0.2) is 60.7 Å². The first-order valence-electron chi connectivity index (χ1n) is 8.40. The number of alkyl halides is 2. The van der Waals surface area contributed by atoms with Crippen molar-refractivity contribution < 1.29 is 23.0 Å². The van der Waals surface area contributed by atoms with Crippen molar-refractivity contribution >= 4 is 22.4 Å². The largest absolute Gasteiger partial charge is 0.493 e. The first kappa shape index (κ1) is 17.3. The summed E-state index contributed by atoms with van der Waals surface area (Å²) in [6, 6.07) is 15.8. The van der Waals surface area contributed by atoms with Gasteiger partial charge in [-0.1, -0.05) is 42.5 Å². The number of carbonyl (C=O) groups excluding carboxylic acids is 1. The smallest absolute Gasteiger partial charge is 0.349 e. The van der Waals surface area contributed by atoms with Crippen LogP contribution in [-0.4, -0.2) is 26.0 Å². The standard InChI is InChI=1S/C21H17F2NO3/c1-26-17-11-10-14(12-18(17)27-2)24-19(21(22,23)20(24)25)16-9-5-7-13-6-3-4-8-15(13)16/h3-12,19H,1-2H3/t19-/m0/s1. The maximum atomic E-state index is 14.6. The van der Waals surface area contributed by atoms with Gasteiger partial charge in [0.2, 0.25) is 0 Å². The third kappa shape index (κ3) is 2.51. The molecule has 27 heavy (non-hydrogen) atoms. The lowest BCUT2D eigenvalue weighted by atomic mass is 9.86. The molecule has 3 aromatic rings. The maximum Gasteiger partial charge on any atom is 0.349 e. The van der Waals surface area contributed by atoms with E-state index in [0.29, 0.717) is 28.1 Å². The van der Waals surface area contributed by atoms with Gasteiger partial charge in [-0.05, 0) is 28.5 Å². The van der Waals surface area contributed by atoms with Crippen LogP contribution in [0.25, 0.3) is 10.8 Å². The van der Waals surface area contributed by atoms with Gasteiger partial charge in [0.1, 0.15) is 6.04 Å². The van der Waals surface area contributed by atoms with Crippen molar-refractivity contribution in [3.63, 3.8) is 0 Å². The fourth-order valence-corrected chi connectivity index (χ4v) is 3.56. The highest BCUT2D eigenvalue weighted by Gasteiger charge is 2.65. The molecule has 3 aromatic carbocycles. The van der Waals surface area contributed by atoms with Crippen molar-refractivity contribution in [3.8, 4) is 11.5 Å². The van der Waals surface area contributed by atoms with Gasteiger partial charge in [-0.15, -0.1) is 0 Å². The molecule has 4 nitrogen and oxygen atoms in total. The molecule has 1 fully saturated rings. The number of amides is 1. The molecule has 0 aromatic heterocycles. The molecule has 1 amide bonds. The van der Waals surface area contributed by atoms with Gasteiger partial charge < -0.3 is 9.47 Å². The Kier molecular flexibility index (Phi) is 3.98. The highest BCUT2D eigenvalue weighted by molar-refractivity contribution is 6.08. The Labute approximate surface area is 154 Å². The number of nitrogens with zero attached hydrogens (tertiary/aromatic N) is 1. The summed E-state index contributed by atoms with van der Waals surface area (Å²) in [5.74, 6) is -3.87. The average Bonchev–Trinajstić information content (AvgIpc) is 2.70. The van der Waals surface area contributed by atoms with Gasteiger partial charge in [0.05, 0.1) is 14.2 Å². The van der Waals surface area contributed by atoms with E-state index in [0.717, 1.165) is 10.3 Å². The number of benzene rings is 3. The van der Waals surface area contributed by atoms with Crippen molar-refractivity contribution in [2.75, 3.05) is 19.1 Å². The van der Waals surface area contributed by atoms with Crippen LogP contribution in [0.3, 0.4) is 0 Å². The second-order valence-electron chi connectivity index (χ2n) is 6.31. The zero-order valence-corrected chi connectivity index (χ0v) is 14.8. The van der Waals surface area contributed by atoms with E-state index in [2.05, 4.69) is 0 Å². The van der Waals surface area contributed by atoms with Crippen LogP contribution in [0.1, 0.15) is 11.6 Å². The van der Waals surface area contributed by atoms with Crippen molar-refractivity contribution in [3.05, 3.63) is 66.2 Å². The van der Waals surface area contributed by atoms with Gasteiger partial charge >= 0.3 is 11.8 Å². The van der Waals surface area contributed by atoms with Crippen LogP contribution in [0.4, 0.5) is 14.5 Å². The first-order valence-corrected chi connectivity index (χ1v) is 8.40. The van der Waals surface area contributed by atoms with Gasteiger partial charge in [0.25, 0.3) is 0 Å². The van der Waals surface area contributed by atoms with Crippen LogP contribution in [-0.2, 0) is 4.79 Å². The monoisotopic (exact) mass is 369 g/mol. The minimum atomic E-state index is -3.47. The summed E-state index contributed by atoms with van der Waals surface area (Å²) in [4.78, 5) is 13.4. The lowest BCUT2D eigenvalue weighted by molar-refractivity contribution is -0.162. The number of anilines is 1. The fraction of sp³-hybridized carbons (Fsp3) is 0.190. The number of halogens is 2. The van der Waals surface area contributed by atoms with Crippen LogP contribution in [0.2, 0.25) is 0 Å². The molecular weight excluding hydrogens is 352 g/mol. The van der Waals surface area contributed by atoms with Gasteiger partial charge in [-0.25, -0.2) is 0 Å². The third-order valence-electron chi connectivity index (χ3n) is 4.87. The topological polar surface area (TPSA) is 38.8 Å². The van der Waals surface area contributed by atoms with Gasteiger partial charge in [-0.3, -0.25) is 9.69 Å². The maximum absolute atomic E-state index is 14.6. The summed E-state index contributed by atoms with van der Waals surface area (Å²) >= 11 is 0. The quantitative estimate of drug-likeness (QED) is 0.632. The van der Waals surface area contributed by atoms with Gasteiger partial charge in [0.15, 0.2) is 11.5 Å². The SMILES string of the molecule is COc1ccc(N2C(=O)C(F)(F)[C@@H]2c2cccc3ccccc23)cc1OC. The van der Waals surface area contributed by atoms with Crippen molar-refractivity contribution in [1.82, 2.24) is 0 Å². The van der Waals surface area contributed by atoms with E-state index >= 15 is 0 Å². The lowest BCUT2D eigenvalue weighted by Crippen LogP contribution is -2.64. The minimum absolute atomic E-state index is 0.335.